The van der Waals surface area contributed by atoms with Crippen molar-refractivity contribution in [1.29, 1.82) is 0 Å². The van der Waals surface area contributed by atoms with Crippen molar-refractivity contribution in [2.45, 2.75) is 26.6 Å². The molecular formula is C23H26ClN4O3+. The van der Waals surface area contributed by atoms with Gasteiger partial charge >= 0.3 is 5.69 Å². The number of ketones is 1. The number of nitrogens with one attached hydrogen (secondary N) is 1. The van der Waals surface area contributed by atoms with Crippen molar-refractivity contribution < 1.29 is 9.69 Å². The van der Waals surface area contributed by atoms with Crippen molar-refractivity contribution in [1.82, 2.24) is 9.13 Å². The van der Waals surface area contributed by atoms with E-state index in [9.17, 15) is 14.4 Å². The van der Waals surface area contributed by atoms with Gasteiger partial charge in [-0.15, -0.1) is 0 Å². The molecule has 0 aliphatic heterocycles. The standard InChI is InChI=1S/C23H25ClN4O3/c1-3-27-22(30)20(19(29)15-26(2)13-17-10-7-11-18(24)12-17)21(25)28(23(27)31)14-16-8-5-4-6-9-16/h4-12H,3,13-15,25H2,1-2H3/p+1. The van der Waals surface area contributed by atoms with Gasteiger partial charge in [-0.1, -0.05) is 54.1 Å². The number of Topliss-reactive ketones (excluding diaryl/α,β-unsaturated/α-hetero) is 1. The molecule has 1 unspecified atom stereocenters. The molecule has 0 radical (unpaired) electrons. The molecule has 0 spiro atoms. The first-order valence-electron chi connectivity index (χ1n) is 10.1. The summed E-state index contributed by atoms with van der Waals surface area (Å²) in [6, 6.07) is 16.7. The molecule has 3 aromatic rings. The molecule has 0 bridgehead atoms. The fraction of sp³-hybridized carbons (Fsp3) is 0.261. The highest BCUT2D eigenvalue weighted by atomic mass is 35.5. The van der Waals surface area contributed by atoms with Gasteiger partial charge in [-0.3, -0.25) is 18.7 Å². The molecule has 0 saturated carbocycles. The van der Waals surface area contributed by atoms with Gasteiger partial charge in [0.05, 0.1) is 13.6 Å². The Bertz CT molecular complexity index is 1200. The number of nitrogens with two attached hydrogens (primary N) is 1. The minimum atomic E-state index is -0.644. The Kier molecular flexibility index (Phi) is 7.09. The highest BCUT2D eigenvalue weighted by Crippen LogP contribution is 2.11. The number of hydrogen-bond acceptors (Lipinski definition) is 4. The number of carbonyl (C=O) groups is 1. The van der Waals surface area contributed by atoms with Gasteiger partial charge in [0.1, 0.15) is 24.5 Å². The number of benzene rings is 2. The van der Waals surface area contributed by atoms with Crippen LogP contribution in [-0.4, -0.2) is 28.5 Å². The van der Waals surface area contributed by atoms with Crippen LogP contribution >= 0.6 is 11.6 Å². The summed E-state index contributed by atoms with van der Waals surface area (Å²) in [5.74, 6) is -0.491. The van der Waals surface area contributed by atoms with Crippen LogP contribution in [0, 0.1) is 0 Å². The maximum absolute atomic E-state index is 13.1. The van der Waals surface area contributed by atoms with E-state index in [0.717, 1.165) is 20.6 Å². The van der Waals surface area contributed by atoms with Gasteiger partial charge in [-0.05, 0) is 24.6 Å². The SMILES string of the molecule is CCn1c(=O)c(C(=O)C[NH+](C)Cc2cccc(Cl)c2)c(N)n(Cc2ccccc2)c1=O. The van der Waals surface area contributed by atoms with Gasteiger partial charge in [-0.2, -0.15) is 0 Å². The predicted molar refractivity (Wildman–Crippen MR) is 122 cm³/mol. The number of aromatic nitrogens is 2. The number of nitrogen functional groups attached to an aromatic ring is 1. The van der Waals surface area contributed by atoms with Crippen molar-refractivity contribution in [2.24, 2.45) is 0 Å². The van der Waals surface area contributed by atoms with Crippen molar-refractivity contribution in [2.75, 3.05) is 19.3 Å². The lowest BCUT2D eigenvalue weighted by Gasteiger charge is -2.17. The average molecular weight is 442 g/mol. The molecule has 8 heteroatoms. The van der Waals surface area contributed by atoms with Crippen LogP contribution in [0.4, 0.5) is 5.82 Å². The van der Waals surface area contributed by atoms with Gasteiger partial charge in [0.15, 0.2) is 0 Å². The van der Waals surface area contributed by atoms with E-state index >= 15 is 0 Å². The molecule has 3 rings (SSSR count). The van der Waals surface area contributed by atoms with E-state index in [1.807, 2.05) is 55.6 Å². The van der Waals surface area contributed by atoms with Crippen LogP contribution < -0.4 is 21.9 Å². The summed E-state index contributed by atoms with van der Waals surface area (Å²) in [5, 5.41) is 0.625. The van der Waals surface area contributed by atoms with Gasteiger partial charge in [0, 0.05) is 17.1 Å². The summed E-state index contributed by atoms with van der Waals surface area (Å²) in [5.41, 5.74) is 6.73. The number of nitrogens with zero attached hydrogens (tertiary/aromatic N) is 2. The monoisotopic (exact) mass is 441 g/mol. The van der Waals surface area contributed by atoms with Crippen molar-refractivity contribution in [3.63, 3.8) is 0 Å². The third kappa shape index (κ3) is 5.13. The molecule has 0 amide bonds. The Morgan fingerprint density at radius 2 is 1.71 bits per heavy atom. The Morgan fingerprint density at radius 3 is 2.35 bits per heavy atom. The summed E-state index contributed by atoms with van der Waals surface area (Å²) >= 11 is 6.03. The molecule has 0 saturated heterocycles. The van der Waals surface area contributed by atoms with Gasteiger partial charge in [0.25, 0.3) is 5.56 Å². The highest BCUT2D eigenvalue weighted by molar-refractivity contribution is 6.30. The Morgan fingerprint density at radius 1 is 1.03 bits per heavy atom. The second-order valence-electron chi connectivity index (χ2n) is 7.53. The molecule has 1 aromatic heterocycles. The third-order valence-electron chi connectivity index (χ3n) is 5.10. The van der Waals surface area contributed by atoms with E-state index in [-0.39, 0.29) is 31.0 Å². The predicted octanol–water partition coefficient (Wildman–Crippen LogP) is 1.21. The molecule has 31 heavy (non-hydrogen) atoms. The van der Waals surface area contributed by atoms with E-state index in [2.05, 4.69) is 0 Å². The molecule has 162 valence electrons. The van der Waals surface area contributed by atoms with E-state index in [1.54, 1.807) is 13.0 Å². The average Bonchev–Trinajstić information content (AvgIpc) is 2.72. The van der Waals surface area contributed by atoms with Crippen molar-refractivity contribution >= 4 is 23.2 Å². The van der Waals surface area contributed by atoms with E-state index < -0.39 is 17.0 Å². The lowest BCUT2D eigenvalue weighted by atomic mass is 10.1. The first-order chi connectivity index (χ1) is 14.8. The smallest absolute Gasteiger partial charge is 0.332 e. The zero-order chi connectivity index (χ0) is 22.5. The fourth-order valence-electron chi connectivity index (χ4n) is 3.60. The zero-order valence-electron chi connectivity index (χ0n) is 17.6. The first kappa shape index (κ1) is 22.5. The quantitative estimate of drug-likeness (QED) is 0.514. The van der Waals surface area contributed by atoms with Crippen LogP contribution in [0.1, 0.15) is 28.4 Å². The number of carbonyl (C=O) groups excluding carboxylic acids is 1. The van der Waals surface area contributed by atoms with E-state index in [0.29, 0.717) is 11.6 Å². The maximum atomic E-state index is 13.1. The van der Waals surface area contributed by atoms with Gasteiger partial charge in [-0.25, -0.2) is 4.79 Å². The van der Waals surface area contributed by atoms with Crippen LogP contribution in [0.3, 0.4) is 0 Å². The van der Waals surface area contributed by atoms with Crippen molar-refractivity contribution in [3.05, 3.63) is 97.1 Å². The number of halogens is 1. The van der Waals surface area contributed by atoms with E-state index in [1.165, 1.54) is 4.57 Å². The molecule has 0 fully saturated rings. The Labute approximate surface area is 185 Å². The van der Waals surface area contributed by atoms with Gasteiger partial charge in [0.2, 0.25) is 5.78 Å². The molecule has 0 aliphatic rings. The summed E-state index contributed by atoms with van der Waals surface area (Å²) in [6.45, 7) is 2.63. The molecular weight excluding hydrogens is 416 g/mol. The minimum absolute atomic E-state index is 0.0548. The summed E-state index contributed by atoms with van der Waals surface area (Å²) in [6.07, 6.45) is 0. The van der Waals surface area contributed by atoms with Crippen LogP contribution in [0.25, 0.3) is 0 Å². The molecule has 2 aromatic carbocycles. The maximum Gasteiger partial charge on any atom is 0.332 e. The number of likely N-dealkylation sites (N-methyl/N-ethyl adjacent to an activating group) is 1. The van der Waals surface area contributed by atoms with Crippen molar-refractivity contribution in [3.8, 4) is 0 Å². The van der Waals surface area contributed by atoms with Crippen LogP contribution in [-0.2, 0) is 19.6 Å². The van der Waals surface area contributed by atoms with Gasteiger partial charge < -0.3 is 10.6 Å². The number of hydrogen-bond donors (Lipinski definition) is 2. The largest absolute Gasteiger partial charge is 0.384 e. The second-order valence-corrected chi connectivity index (χ2v) is 7.96. The number of anilines is 1. The third-order valence-corrected chi connectivity index (χ3v) is 5.34. The molecule has 1 atom stereocenters. The number of rotatable bonds is 8. The molecule has 1 heterocycles. The normalized spacial score (nSPS) is 12.0. The summed E-state index contributed by atoms with van der Waals surface area (Å²) < 4.78 is 2.35. The van der Waals surface area contributed by atoms with Crippen LogP contribution in [0.5, 0.6) is 0 Å². The Balaban J connectivity index is 1.93. The lowest BCUT2D eigenvalue weighted by molar-refractivity contribution is -0.884. The number of quaternary nitrogens is 1. The topological polar surface area (TPSA) is 91.5 Å². The minimum Gasteiger partial charge on any atom is -0.384 e. The van der Waals surface area contributed by atoms with E-state index in [4.69, 9.17) is 17.3 Å². The first-order valence-corrected chi connectivity index (χ1v) is 10.5. The lowest BCUT2D eigenvalue weighted by Crippen LogP contribution is -3.08. The fourth-order valence-corrected chi connectivity index (χ4v) is 3.81. The zero-order valence-corrected chi connectivity index (χ0v) is 18.4. The summed E-state index contributed by atoms with van der Waals surface area (Å²) in [4.78, 5) is 39.7. The highest BCUT2D eigenvalue weighted by Gasteiger charge is 2.24. The molecule has 3 N–H and O–H groups in total. The second kappa shape index (κ2) is 9.76. The van der Waals surface area contributed by atoms with Crippen LogP contribution in [0.15, 0.2) is 64.2 Å². The summed E-state index contributed by atoms with van der Waals surface area (Å²) in [7, 11) is 1.85. The van der Waals surface area contributed by atoms with Crippen LogP contribution in [0.2, 0.25) is 5.02 Å². The molecule has 7 nitrogen and oxygen atoms in total. The Hall–Kier alpha value is -3.16. The molecule has 0 aliphatic carbocycles.